The van der Waals surface area contributed by atoms with Crippen molar-refractivity contribution < 1.29 is 8.42 Å². The summed E-state index contributed by atoms with van der Waals surface area (Å²) in [6, 6.07) is 10.8. The molecule has 0 spiro atoms. The summed E-state index contributed by atoms with van der Waals surface area (Å²) in [6.07, 6.45) is 0. The Morgan fingerprint density at radius 3 is 2.56 bits per heavy atom. The summed E-state index contributed by atoms with van der Waals surface area (Å²) in [4.78, 5) is 5.47. The minimum Gasteiger partial charge on any atom is -0.320 e. The molecule has 2 aromatic carbocycles. The molecule has 1 aromatic heterocycles. The van der Waals surface area contributed by atoms with Crippen LogP contribution in [0.3, 0.4) is 0 Å². The molecule has 3 aromatic rings. The third-order valence-corrected chi connectivity index (χ3v) is 6.56. The topological polar surface area (TPSA) is 77.4 Å². The lowest BCUT2D eigenvalue weighted by atomic mass is 10.1. The molecule has 5 nitrogen and oxygen atoms in total. The number of halogens is 2. The molecule has 0 atom stereocenters. The van der Waals surface area contributed by atoms with Crippen LogP contribution in [0, 0.1) is 13.8 Å². The number of rotatable bonds is 3. The van der Waals surface area contributed by atoms with Gasteiger partial charge in [-0.15, -0.1) is 23.7 Å². The molecule has 3 rings (SSSR count). The van der Waals surface area contributed by atoms with E-state index in [1.807, 2.05) is 36.1 Å². The molecular weight excluding hydrogens is 425 g/mol. The van der Waals surface area contributed by atoms with E-state index in [9.17, 15) is 8.42 Å². The average molecular weight is 444 g/mol. The van der Waals surface area contributed by atoms with E-state index in [1.165, 1.54) is 29.0 Å². The van der Waals surface area contributed by atoms with Gasteiger partial charge in [0, 0.05) is 18.0 Å². The maximum Gasteiger partial charge on any atom is 0.239 e. The van der Waals surface area contributed by atoms with Crippen LogP contribution in [0.5, 0.6) is 0 Å². The lowest BCUT2D eigenvalue weighted by Crippen LogP contribution is -2.14. The molecular formula is C18H19Cl2N3O2S2. The molecule has 0 aliphatic heterocycles. The van der Waals surface area contributed by atoms with Gasteiger partial charge in [0.2, 0.25) is 10.0 Å². The van der Waals surface area contributed by atoms with Crippen LogP contribution in [0.25, 0.3) is 11.3 Å². The monoisotopic (exact) mass is 443 g/mol. The van der Waals surface area contributed by atoms with Gasteiger partial charge in [-0.3, -0.25) is 0 Å². The molecule has 0 radical (unpaired) electrons. The number of nitrogens with zero attached hydrogens (tertiary/aromatic N) is 2. The van der Waals surface area contributed by atoms with Crippen molar-refractivity contribution in [2.24, 2.45) is 17.2 Å². The fourth-order valence-corrected chi connectivity index (χ4v) is 4.56. The molecule has 0 fully saturated rings. The van der Waals surface area contributed by atoms with Crippen LogP contribution >= 0.6 is 35.3 Å². The number of thiazole rings is 1. The third kappa shape index (κ3) is 4.44. The van der Waals surface area contributed by atoms with Crippen LogP contribution in [0.15, 0.2) is 51.7 Å². The van der Waals surface area contributed by atoms with E-state index in [1.54, 1.807) is 6.07 Å². The van der Waals surface area contributed by atoms with Crippen LogP contribution in [0.2, 0.25) is 5.02 Å². The number of aryl methyl sites for hydroxylation is 1. The molecule has 0 unspecified atom stereocenters. The zero-order valence-corrected chi connectivity index (χ0v) is 18.1. The Labute approximate surface area is 173 Å². The SMILES string of the molecule is Cc1cccc(/N=c2/scc(-c3ccc(Cl)c(S(N)(=O)=O)c3)n2C)c1C.Cl. The van der Waals surface area contributed by atoms with Gasteiger partial charge in [0.15, 0.2) is 4.80 Å². The van der Waals surface area contributed by atoms with E-state index in [2.05, 4.69) is 13.0 Å². The molecule has 9 heteroatoms. The van der Waals surface area contributed by atoms with Crippen molar-refractivity contribution in [3.8, 4) is 11.3 Å². The zero-order chi connectivity index (χ0) is 19.1. The second-order valence-electron chi connectivity index (χ2n) is 5.98. The van der Waals surface area contributed by atoms with Crippen LogP contribution in [0.4, 0.5) is 5.69 Å². The molecule has 0 saturated carbocycles. The predicted molar refractivity (Wildman–Crippen MR) is 113 cm³/mol. The maximum absolute atomic E-state index is 11.7. The highest BCUT2D eigenvalue weighted by Gasteiger charge is 2.15. The summed E-state index contributed by atoms with van der Waals surface area (Å²) >= 11 is 7.45. The summed E-state index contributed by atoms with van der Waals surface area (Å²) in [5, 5.41) is 7.28. The van der Waals surface area contributed by atoms with Crippen molar-refractivity contribution in [3.63, 3.8) is 0 Å². The van der Waals surface area contributed by atoms with Gasteiger partial charge in [-0.25, -0.2) is 18.5 Å². The number of aromatic nitrogens is 1. The van der Waals surface area contributed by atoms with E-state index in [0.29, 0.717) is 5.56 Å². The van der Waals surface area contributed by atoms with Crippen LogP contribution in [-0.4, -0.2) is 13.0 Å². The minimum absolute atomic E-state index is 0. The number of hydrogen-bond acceptors (Lipinski definition) is 4. The summed E-state index contributed by atoms with van der Waals surface area (Å²) < 4.78 is 25.3. The van der Waals surface area contributed by atoms with E-state index in [0.717, 1.165) is 21.7 Å². The number of nitrogens with two attached hydrogens (primary N) is 1. The third-order valence-electron chi connectivity index (χ3n) is 4.25. The highest BCUT2D eigenvalue weighted by molar-refractivity contribution is 7.89. The lowest BCUT2D eigenvalue weighted by molar-refractivity contribution is 0.598. The molecule has 144 valence electrons. The first-order chi connectivity index (χ1) is 12.2. The maximum atomic E-state index is 11.7. The number of benzene rings is 2. The van der Waals surface area contributed by atoms with E-state index < -0.39 is 10.0 Å². The van der Waals surface area contributed by atoms with Gasteiger partial charge >= 0.3 is 0 Å². The molecule has 0 bridgehead atoms. The zero-order valence-electron chi connectivity index (χ0n) is 14.9. The first-order valence-corrected chi connectivity index (χ1v) is 10.6. The molecule has 1 heterocycles. The Hall–Kier alpha value is -1.64. The van der Waals surface area contributed by atoms with Crippen LogP contribution in [-0.2, 0) is 17.1 Å². The molecule has 27 heavy (non-hydrogen) atoms. The molecule has 0 saturated heterocycles. The van der Waals surface area contributed by atoms with Gasteiger partial charge in [-0.2, -0.15) is 0 Å². The van der Waals surface area contributed by atoms with Gasteiger partial charge in [-0.1, -0.05) is 29.8 Å². The molecule has 2 N–H and O–H groups in total. The lowest BCUT2D eigenvalue weighted by Gasteiger charge is -2.07. The van der Waals surface area contributed by atoms with Crippen LogP contribution < -0.4 is 9.94 Å². The standard InChI is InChI=1S/C18H18ClN3O2S2.ClH/c1-11-5-4-6-15(12(11)2)21-18-22(3)16(10-25-18)13-7-8-14(19)17(9-13)26(20,23)24;/h4-10H,1-3H3,(H2,20,23,24);1H/b21-18+;. The van der Waals surface area contributed by atoms with Crippen molar-refractivity contribution in [3.05, 3.63) is 62.7 Å². The van der Waals surface area contributed by atoms with Gasteiger partial charge in [-0.05, 0) is 43.2 Å². The number of sulfonamides is 1. The minimum atomic E-state index is -3.89. The molecule has 0 amide bonds. The predicted octanol–water partition coefficient (Wildman–Crippen LogP) is 4.33. The Morgan fingerprint density at radius 2 is 1.89 bits per heavy atom. The van der Waals surface area contributed by atoms with Crippen molar-refractivity contribution >= 4 is 51.1 Å². The van der Waals surface area contributed by atoms with Crippen molar-refractivity contribution in [1.82, 2.24) is 4.57 Å². The quantitative estimate of drug-likeness (QED) is 0.653. The fraction of sp³-hybridized carbons (Fsp3) is 0.167. The fourth-order valence-electron chi connectivity index (χ4n) is 2.57. The summed E-state index contributed by atoms with van der Waals surface area (Å²) in [5.74, 6) is 0. The van der Waals surface area contributed by atoms with E-state index in [4.69, 9.17) is 21.7 Å². The smallest absolute Gasteiger partial charge is 0.239 e. The summed E-state index contributed by atoms with van der Waals surface area (Å²) in [6.45, 7) is 4.09. The number of hydrogen-bond donors (Lipinski definition) is 1. The second-order valence-corrected chi connectivity index (χ2v) is 8.76. The molecule has 0 aliphatic rings. The normalized spacial score (nSPS) is 12.1. The Kier molecular flexibility index (Phi) is 6.55. The van der Waals surface area contributed by atoms with E-state index in [-0.39, 0.29) is 22.3 Å². The van der Waals surface area contributed by atoms with Crippen molar-refractivity contribution in [1.29, 1.82) is 0 Å². The Balaban J connectivity index is 0.00000261. The van der Waals surface area contributed by atoms with Crippen molar-refractivity contribution in [2.45, 2.75) is 18.7 Å². The van der Waals surface area contributed by atoms with Gasteiger partial charge < -0.3 is 4.57 Å². The summed E-state index contributed by atoms with van der Waals surface area (Å²) in [7, 11) is -2.00. The highest BCUT2D eigenvalue weighted by atomic mass is 35.5. The first-order valence-electron chi connectivity index (χ1n) is 7.76. The summed E-state index contributed by atoms with van der Waals surface area (Å²) in [5.41, 5.74) is 4.77. The first kappa shape index (κ1) is 21.7. The Bertz CT molecular complexity index is 1170. The Morgan fingerprint density at radius 1 is 1.19 bits per heavy atom. The number of primary sulfonamides is 1. The van der Waals surface area contributed by atoms with Crippen LogP contribution in [0.1, 0.15) is 11.1 Å². The van der Waals surface area contributed by atoms with Gasteiger partial charge in [0.25, 0.3) is 0 Å². The van der Waals surface area contributed by atoms with E-state index >= 15 is 0 Å². The molecule has 0 aliphatic carbocycles. The van der Waals surface area contributed by atoms with Crippen molar-refractivity contribution in [2.75, 3.05) is 0 Å². The van der Waals surface area contributed by atoms with Gasteiger partial charge in [0.05, 0.1) is 16.4 Å². The largest absolute Gasteiger partial charge is 0.320 e. The average Bonchev–Trinajstić information content (AvgIpc) is 2.92. The second kappa shape index (κ2) is 8.16. The van der Waals surface area contributed by atoms with Gasteiger partial charge in [0.1, 0.15) is 4.90 Å². The highest BCUT2D eigenvalue weighted by Crippen LogP contribution is 2.28.